The van der Waals surface area contributed by atoms with Crippen molar-refractivity contribution in [2.45, 2.75) is 25.3 Å². The molecule has 0 saturated carbocycles. The second kappa shape index (κ2) is 5.28. The van der Waals surface area contributed by atoms with Gasteiger partial charge in [0.1, 0.15) is 0 Å². The number of hydrogen-bond acceptors (Lipinski definition) is 4. The zero-order valence-corrected chi connectivity index (χ0v) is 9.90. The van der Waals surface area contributed by atoms with Crippen molar-refractivity contribution in [1.29, 1.82) is 5.26 Å². The van der Waals surface area contributed by atoms with Gasteiger partial charge in [-0.05, 0) is 19.8 Å². The summed E-state index contributed by atoms with van der Waals surface area (Å²) in [6, 6.07) is 2.11. The number of hydrogen-bond donors (Lipinski definition) is 1. The van der Waals surface area contributed by atoms with Gasteiger partial charge in [-0.25, -0.2) is 0 Å². The molecule has 1 heterocycles. The molecule has 1 rings (SSSR count). The number of ether oxygens (including phenoxy) is 1. The normalized spacial score (nSPS) is 20.9. The molecule has 0 aromatic heterocycles. The second-order valence-electron chi connectivity index (χ2n) is 4.48. The highest BCUT2D eigenvalue weighted by Crippen LogP contribution is 2.20. The van der Waals surface area contributed by atoms with E-state index in [4.69, 9.17) is 15.7 Å². The number of nitriles is 1. The van der Waals surface area contributed by atoms with E-state index in [0.717, 1.165) is 0 Å². The Hall–Kier alpha value is -1.12. The largest absolute Gasteiger partial charge is 0.381 e. The van der Waals surface area contributed by atoms with Crippen molar-refractivity contribution in [2.75, 3.05) is 26.8 Å². The quantitative estimate of drug-likeness (QED) is 0.739. The molecule has 0 aliphatic carbocycles. The van der Waals surface area contributed by atoms with Crippen molar-refractivity contribution in [1.82, 2.24) is 4.90 Å². The standard InChI is InChI=1S/C11H19N3O2/c1-9(7-12)8-14(2)10(15)11(13)3-5-16-6-4-11/h9H,3-6,8,13H2,1-2H3. The van der Waals surface area contributed by atoms with Crippen LogP contribution in [0, 0.1) is 17.2 Å². The third kappa shape index (κ3) is 2.94. The molecule has 5 heteroatoms. The molecule has 1 atom stereocenters. The van der Waals surface area contributed by atoms with E-state index in [-0.39, 0.29) is 11.8 Å². The summed E-state index contributed by atoms with van der Waals surface area (Å²) in [7, 11) is 1.69. The fourth-order valence-corrected chi connectivity index (χ4v) is 1.86. The lowest BCUT2D eigenvalue weighted by Gasteiger charge is -2.35. The molecule has 0 aromatic carbocycles. The van der Waals surface area contributed by atoms with Crippen LogP contribution in [-0.4, -0.2) is 43.2 Å². The molecule has 1 aliphatic rings. The minimum Gasteiger partial charge on any atom is -0.381 e. The average molecular weight is 225 g/mol. The Labute approximate surface area is 96.2 Å². The molecule has 16 heavy (non-hydrogen) atoms. The lowest BCUT2D eigenvalue weighted by molar-refractivity contribution is -0.139. The summed E-state index contributed by atoms with van der Waals surface area (Å²) >= 11 is 0. The van der Waals surface area contributed by atoms with Gasteiger partial charge in [-0.15, -0.1) is 0 Å². The fourth-order valence-electron chi connectivity index (χ4n) is 1.86. The maximum Gasteiger partial charge on any atom is 0.242 e. The molecular formula is C11H19N3O2. The Kier molecular flexibility index (Phi) is 4.27. The van der Waals surface area contributed by atoms with Gasteiger partial charge in [0, 0.05) is 26.8 Å². The Balaban J connectivity index is 2.58. The van der Waals surface area contributed by atoms with Crippen LogP contribution < -0.4 is 5.73 Å². The number of amides is 1. The van der Waals surface area contributed by atoms with Gasteiger partial charge < -0.3 is 15.4 Å². The molecular weight excluding hydrogens is 206 g/mol. The number of nitrogens with zero attached hydrogens (tertiary/aromatic N) is 2. The first-order chi connectivity index (χ1) is 7.49. The van der Waals surface area contributed by atoms with Crippen LogP contribution in [0.2, 0.25) is 0 Å². The van der Waals surface area contributed by atoms with Gasteiger partial charge in [-0.1, -0.05) is 0 Å². The summed E-state index contributed by atoms with van der Waals surface area (Å²) in [6.07, 6.45) is 1.11. The van der Waals surface area contributed by atoms with E-state index >= 15 is 0 Å². The third-order valence-corrected chi connectivity index (χ3v) is 2.93. The van der Waals surface area contributed by atoms with Crippen molar-refractivity contribution >= 4 is 5.91 Å². The molecule has 90 valence electrons. The highest BCUT2D eigenvalue weighted by atomic mass is 16.5. The molecule has 0 aromatic rings. The smallest absolute Gasteiger partial charge is 0.242 e. The van der Waals surface area contributed by atoms with Crippen LogP contribution in [0.5, 0.6) is 0 Å². The van der Waals surface area contributed by atoms with E-state index in [1.165, 1.54) is 0 Å². The van der Waals surface area contributed by atoms with E-state index in [0.29, 0.717) is 32.6 Å². The zero-order chi connectivity index (χ0) is 12.2. The Morgan fingerprint density at radius 2 is 2.19 bits per heavy atom. The molecule has 1 fully saturated rings. The molecule has 0 bridgehead atoms. The Bertz CT molecular complexity index is 292. The van der Waals surface area contributed by atoms with Gasteiger partial charge in [0.15, 0.2) is 0 Å². The molecule has 1 amide bonds. The van der Waals surface area contributed by atoms with Gasteiger partial charge in [0.2, 0.25) is 5.91 Å². The Morgan fingerprint density at radius 3 is 2.69 bits per heavy atom. The molecule has 1 unspecified atom stereocenters. The maximum absolute atomic E-state index is 12.1. The summed E-state index contributed by atoms with van der Waals surface area (Å²) < 4.78 is 5.19. The lowest BCUT2D eigenvalue weighted by Crippen LogP contribution is -2.57. The van der Waals surface area contributed by atoms with Crippen LogP contribution in [0.15, 0.2) is 0 Å². The molecule has 0 radical (unpaired) electrons. The van der Waals surface area contributed by atoms with Crippen LogP contribution in [0.4, 0.5) is 0 Å². The van der Waals surface area contributed by atoms with E-state index in [2.05, 4.69) is 6.07 Å². The second-order valence-corrected chi connectivity index (χ2v) is 4.48. The molecule has 5 nitrogen and oxygen atoms in total. The van der Waals surface area contributed by atoms with Crippen LogP contribution >= 0.6 is 0 Å². The van der Waals surface area contributed by atoms with E-state index in [1.807, 2.05) is 0 Å². The van der Waals surface area contributed by atoms with E-state index in [1.54, 1.807) is 18.9 Å². The number of likely N-dealkylation sites (N-methyl/N-ethyl adjacent to an activating group) is 1. The van der Waals surface area contributed by atoms with Crippen molar-refractivity contribution in [3.8, 4) is 6.07 Å². The SMILES string of the molecule is CC(C#N)CN(C)C(=O)C1(N)CCOCC1. The van der Waals surface area contributed by atoms with Crippen molar-refractivity contribution in [2.24, 2.45) is 11.7 Å². The minimum absolute atomic E-state index is 0.0853. The average Bonchev–Trinajstić information content (AvgIpc) is 2.28. The molecule has 1 aliphatic heterocycles. The van der Waals surface area contributed by atoms with E-state index in [9.17, 15) is 4.79 Å². The van der Waals surface area contributed by atoms with Crippen LogP contribution in [0.3, 0.4) is 0 Å². The summed E-state index contributed by atoms with van der Waals surface area (Å²) in [4.78, 5) is 13.7. The number of carbonyl (C=O) groups excluding carboxylic acids is 1. The van der Waals surface area contributed by atoms with Crippen LogP contribution in [0.25, 0.3) is 0 Å². The molecule has 0 spiro atoms. The predicted octanol–water partition coefficient (Wildman–Crippen LogP) is 0.112. The predicted molar refractivity (Wildman–Crippen MR) is 59.4 cm³/mol. The highest BCUT2D eigenvalue weighted by Gasteiger charge is 2.38. The molecule has 1 saturated heterocycles. The lowest BCUT2D eigenvalue weighted by atomic mass is 9.89. The summed E-state index contributed by atoms with van der Waals surface area (Å²) in [5.41, 5.74) is 5.26. The van der Waals surface area contributed by atoms with Crippen molar-refractivity contribution in [3.63, 3.8) is 0 Å². The first-order valence-corrected chi connectivity index (χ1v) is 5.51. The van der Waals surface area contributed by atoms with Crippen molar-refractivity contribution < 1.29 is 9.53 Å². The third-order valence-electron chi connectivity index (χ3n) is 2.93. The van der Waals surface area contributed by atoms with Crippen molar-refractivity contribution in [3.05, 3.63) is 0 Å². The number of rotatable bonds is 3. The molecule has 2 N–H and O–H groups in total. The highest BCUT2D eigenvalue weighted by molar-refractivity contribution is 5.86. The topological polar surface area (TPSA) is 79.4 Å². The van der Waals surface area contributed by atoms with Gasteiger partial charge in [0.05, 0.1) is 17.5 Å². The minimum atomic E-state index is -0.803. The zero-order valence-electron chi connectivity index (χ0n) is 9.90. The summed E-state index contributed by atoms with van der Waals surface area (Å²) in [6.45, 7) is 3.28. The number of nitrogens with two attached hydrogens (primary N) is 1. The first-order valence-electron chi connectivity index (χ1n) is 5.51. The summed E-state index contributed by atoms with van der Waals surface area (Å²) in [5, 5.41) is 8.70. The van der Waals surface area contributed by atoms with Gasteiger partial charge in [-0.2, -0.15) is 5.26 Å². The monoisotopic (exact) mass is 225 g/mol. The van der Waals surface area contributed by atoms with Crippen LogP contribution in [-0.2, 0) is 9.53 Å². The van der Waals surface area contributed by atoms with E-state index < -0.39 is 5.54 Å². The summed E-state index contributed by atoms with van der Waals surface area (Å²) in [5.74, 6) is -0.254. The Morgan fingerprint density at radius 1 is 1.62 bits per heavy atom. The fraction of sp³-hybridized carbons (Fsp3) is 0.818. The number of carbonyl (C=O) groups is 1. The van der Waals surface area contributed by atoms with Gasteiger partial charge in [-0.3, -0.25) is 4.79 Å². The maximum atomic E-state index is 12.1. The first kappa shape index (κ1) is 12.9. The van der Waals surface area contributed by atoms with Gasteiger partial charge in [0.25, 0.3) is 0 Å². The van der Waals surface area contributed by atoms with Crippen LogP contribution in [0.1, 0.15) is 19.8 Å². The van der Waals surface area contributed by atoms with Gasteiger partial charge >= 0.3 is 0 Å².